The van der Waals surface area contributed by atoms with E-state index in [1.807, 2.05) is 0 Å². The predicted molar refractivity (Wildman–Crippen MR) is 63.6 cm³/mol. The van der Waals surface area contributed by atoms with Gasteiger partial charge in [0, 0.05) is 0 Å². The van der Waals surface area contributed by atoms with Crippen LogP contribution in [0.25, 0.3) is 0 Å². The Morgan fingerprint density at radius 1 is 1.44 bits per heavy atom. The van der Waals surface area contributed by atoms with Crippen molar-refractivity contribution in [1.29, 1.82) is 0 Å². The smallest absolute Gasteiger partial charge is 0.341 e. The summed E-state index contributed by atoms with van der Waals surface area (Å²) in [5.74, 6) is -0.0856. The average Bonchev–Trinajstić information content (AvgIpc) is 3.18. The first kappa shape index (κ1) is 11.1. The Balaban J connectivity index is 2.03. The van der Waals surface area contributed by atoms with Crippen LogP contribution in [0.4, 0.5) is 5.69 Å². The number of carbonyl (C=O) groups excluding carboxylic acids is 2. The normalized spacial score (nSPS) is 19.3. The number of anilines is 1. The van der Waals surface area contributed by atoms with Crippen molar-refractivity contribution in [2.45, 2.75) is 12.8 Å². The molecule has 1 aromatic carbocycles. The minimum Gasteiger partial charge on any atom is -0.489 e. The molecule has 1 amide bonds. The first-order valence-corrected chi connectivity index (χ1v) is 5.82. The van der Waals surface area contributed by atoms with Gasteiger partial charge in [-0.1, -0.05) is 6.07 Å². The van der Waals surface area contributed by atoms with Crippen molar-refractivity contribution in [2.24, 2.45) is 5.41 Å². The lowest BCUT2D eigenvalue weighted by molar-refractivity contribution is -0.121. The number of fused-ring (bicyclic) bond motifs is 1. The zero-order valence-electron chi connectivity index (χ0n) is 9.99. The number of amides is 1. The van der Waals surface area contributed by atoms with E-state index in [1.54, 1.807) is 18.2 Å². The third-order valence-electron chi connectivity index (χ3n) is 3.50. The zero-order valence-corrected chi connectivity index (χ0v) is 9.99. The molecule has 1 heterocycles. The lowest BCUT2D eigenvalue weighted by atomic mass is 10.1. The highest BCUT2D eigenvalue weighted by atomic mass is 16.5. The number of hydrogen-bond donors (Lipinski definition) is 1. The molecule has 18 heavy (non-hydrogen) atoms. The fourth-order valence-electron chi connectivity index (χ4n) is 2.11. The molecule has 0 atom stereocenters. The van der Waals surface area contributed by atoms with Crippen LogP contribution in [-0.2, 0) is 9.53 Å². The van der Waals surface area contributed by atoms with Crippen LogP contribution in [0.15, 0.2) is 18.2 Å². The average molecular weight is 247 g/mol. The fourth-order valence-corrected chi connectivity index (χ4v) is 2.11. The molecule has 1 spiro atoms. The van der Waals surface area contributed by atoms with Crippen molar-refractivity contribution in [3.8, 4) is 5.75 Å². The van der Waals surface area contributed by atoms with Gasteiger partial charge in [-0.2, -0.15) is 0 Å². The molecule has 0 radical (unpaired) electrons. The lowest BCUT2D eigenvalue weighted by Gasteiger charge is -2.11. The monoisotopic (exact) mass is 247 g/mol. The van der Waals surface area contributed by atoms with Crippen LogP contribution < -0.4 is 10.1 Å². The van der Waals surface area contributed by atoms with Crippen molar-refractivity contribution in [3.05, 3.63) is 23.8 Å². The lowest BCUT2D eigenvalue weighted by Crippen LogP contribution is -2.26. The highest BCUT2D eigenvalue weighted by Crippen LogP contribution is 2.49. The molecule has 1 aliphatic heterocycles. The minimum absolute atomic E-state index is 0.0248. The third-order valence-corrected chi connectivity index (χ3v) is 3.50. The van der Waals surface area contributed by atoms with Gasteiger partial charge in [-0.3, -0.25) is 4.79 Å². The van der Waals surface area contributed by atoms with Gasteiger partial charge in [-0.25, -0.2) is 4.79 Å². The second-order valence-corrected chi connectivity index (χ2v) is 4.70. The molecule has 1 aliphatic carbocycles. The molecule has 0 saturated heterocycles. The Morgan fingerprint density at radius 2 is 2.22 bits per heavy atom. The van der Waals surface area contributed by atoms with Gasteiger partial charge >= 0.3 is 5.97 Å². The van der Waals surface area contributed by atoms with Crippen molar-refractivity contribution < 1.29 is 19.1 Å². The number of nitrogens with one attached hydrogen (secondary N) is 1. The topological polar surface area (TPSA) is 64.6 Å². The minimum atomic E-state index is -0.465. The molecule has 1 N–H and O–H groups in total. The summed E-state index contributed by atoms with van der Waals surface area (Å²) in [5, 5.41) is 2.82. The van der Waals surface area contributed by atoms with E-state index in [-0.39, 0.29) is 5.91 Å². The maximum atomic E-state index is 12.0. The largest absolute Gasteiger partial charge is 0.489 e. The molecule has 0 bridgehead atoms. The molecule has 1 aromatic rings. The van der Waals surface area contributed by atoms with Gasteiger partial charge in [0.05, 0.1) is 18.2 Å². The summed E-state index contributed by atoms with van der Waals surface area (Å²) >= 11 is 0. The van der Waals surface area contributed by atoms with E-state index in [2.05, 4.69) is 5.32 Å². The van der Waals surface area contributed by atoms with Gasteiger partial charge in [0.25, 0.3) is 0 Å². The van der Waals surface area contributed by atoms with E-state index in [0.717, 1.165) is 12.8 Å². The van der Waals surface area contributed by atoms with Crippen LogP contribution in [0.1, 0.15) is 23.2 Å². The van der Waals surface area contributed by atoms with Crippen LogP contribution in [0.3, 0.4) is 0 Å². The number of ether oxygens (including phenoxy) is 2. The first-order chi connectivity index (χ1) is 8.66. The third kappa shape index (κ3) is 1.54. The molecule has 2 aliphatic rings. The number of para-hydroxylation sites is 1. The fraction of sp³-hybridized carbons (Fsp3) is 0.385. The number of hydrogen-bond acceptors (Lipinski definition) is 4. The van der Waals surface area contributed by atoms with Crippen LogP contribution in [0.5, 0.6) is 5.75 Å². The van der Waals surface area contributed by atoms with Crippen molar-refractivity contribution in [3.63, 3.8) is 0 Å². The SMILES string of the molecule is COC(=O)c1cccc2c1OCC1(CC1)C(=O)N2. The van der Waals surface area contributed by atoms with E-state index < -0.39 is 11.4 Å². The van der Waals surface area contributed by atoms with Gasteiger partial charge in [-0.05, 0) is 25.0 Å². The number of methoxy groups -OCH3 is 1. The van der Waals surface area contributed by atoms with Gasteiger partial charge in [0.1, 0.15) is 12.2 Å². The molecule has 0 aromatic heterocycles. The summed E-state index contributed by atoms with van der Waals surface area (Å²) in [7, 11) is 1.32. The van der Waals surface area contributed by atoms with Crippen molar-refractivity contribution in [2.75, 3.05) is 19.0 Å². The van der Waals surface area contributed by atoms with Crippen LogP contribution in [0.2, 0.25) is 0 Å². The quantitative estimate of drug-likeness (QED) is 0.765. The van der Waals surface area contributed by atoms with Gasteiger partial charge < -0.3 is 14.8 Å². The standard InChI is InChI=1S/C13H13NO4/c1-17-11(15)8-3-2-4-9-10(8)18-7-13(5-6-13)12(16)14-9/h2-4H,5-7H2,1H3,(H,14,16). The maximum absolute atomic E-state index is 12.0. The maximum Gasteiger partial charge on any atom is 0.341 e. The molecular formula is C13H13NO4. The molecule has 5 heteroatoms. The van der Waals surface area contributed by atoms with Crippen molar-refractivity contribution >= 4 is 17.6 Å². The summed E-state index contributed by atoms with van der Waals surface area (Å²) in [4.78, 5) is 23.6. The molecule has 0 unspecified atom stereocenters. The van der Waals surface area contributed by atoms with E-state index in [0.29, 0.717) is 23.6 Å². The van der Waals surface area contributed by atoms with E-state index in [1.165, 1.54) is 7.11 Å². The van der Waals surface area contributed by atoms with E-state index in [9.17, 15) is 9.59 Å². The number of esters is 1. The second kappa shape index (κ2) is 3.73. The Morgan fingerprint density at radius 3 is 2.89 bits per heavy atom. The Bertz CT molecular complexity index is 534. The number of rotatable bonds is 1. The molecular weight excluding hydrogens is 234 g/mol. The Kier molecular flexibility index (Phi) is 2.29. The molecule has 1 fully saturated rings. The van der Waals surface area contributed by atoms with Crippen molar-refractivity contribution in [1.82, 2.24) is 0 Å². The summed E-state index contributed by atoms with van der Waals surface area (Å²) in [6, 6.07) is 5.04. The zero-order chi connectivity index (χ0) is 12.8. The summed E-state index contributed by atoms with van der Waals surface area (Å²) in [5.41, 5.74) is 0.478. The highest BCUT2D eigenvalue weighted by molar-refractivity contribution is 6.02. The second-order valence-electron chi connectivity index (χ2n) is 4.70. The van der Waals surface area contributed by atoms with Gasteiger partial charge in [-0.15, -0.1) is 0 Å². The predicted octanol–water partition coefficient (Wildman–Crippen LogP) is 1.58. The molecule has 3 rings (SSSR count). The van der Waals surface area contributed by atoms with Gasteiger partial charge in [0.15, 0.2) is 5.75 Å². The summed E-state index contributed by atoms with van der Waals surface area (Å²) in [6.07, 6.45) is 1.67. The Hall–Kier alpha value is -2.04. The molecule has 5 nitrogen and oxygen atoms in total. The number of carbonyl (C=O) groups is 2. The Labute approximate surface area is 104 Å². The van der Waals surface area contributed by atoms with Gasteiger partial charge in [0.2, 0.25) is 5.91 Å². The highest BCUT2D eigenvalue weighted by Gasteiger charge is 2.52. The summed E-state index contributed by atoms with van der Waals surface area (Å²) < 4.78 is 10.4. The van der Waals surface area contributed by atoms with E-state index >= 15 is 0 Å². The van der Waals surface area contributed by atoms with Crippen LogP contribution in [-0.4, -0.2) is 25.6 Å². The molecule has 94 valence electrons. The van der Waals surface area contributed by atoms with E-state index in [4.69, 9.17) is 9.47 Å². The first-order valence-electron chi connectivity index (χ1n) is 5.82. The summed E-state index contributed by atoms with van der Waals surface area (Å²) in [6.45, 7) is 0.319. The van der Waals surface area contributed by atoms with Crippen LogP contribution in [0, 0.1) is 5.41 Å². The number of benzene rings is 1. The van der Waals surface area contributed by atoms with Crippen LogP contribution >= 0.6 is 0 Å². The molecule has 1 saturated carbocycles.